The maximum absolute atomic E-state index is 12.4. The summed E-state index contributed by atoms with van der Waals surface area (Å²) < 4.78 is 26.1. The van der Waals surface area contributed by atoms with E-state index in [-0.39, 0.29) is 28.7 Å². The van der Waals surface area contributed by atoms with Crippen molar-refractivity contribution >= 4 is 15.7 Å². The third-order valence-corrected chi connectivity index (χ3v) is 5.27. The average molecular weight is 285 g/mol. The fourth-order valence-electron chi connectivity index (χ4n) is 2.19. The lowest BCUT2D eigenvalue weighted by molar-refractivity contribution is -0.385. The van der Waals surface area contributed by atoms with E-state index in [1.165, 1.54) is 29.4 Å². The molecule has 0 aliphatic carbocycles. The van der Waals surface area contributed by atoms with Crippen LogP contribution >= 0.6 is 0 Å². The van der Waals surface area contributed by atoms with Crippen LogP contribution in [0.1, 0.15) is 12.0 Å². The van der Waals surface area contributed by atoms with Gasteiger partial charge < -0.3 is 5.73 Å². The first kappa shape index (κ1) is 13.9. The lowest BCUT2D eigenvalue weighted by Crippen LogP contribution is -2.32. The summed E-state index contributed by atoms with van der Waals surface area (Å²) in [6.45, 7) is 2.05. The molecule has 0 spiro atoms. The molecule has 0 saturated carbocycles. The second-order valence-corrected chi connectivity index (χ2v) is 6.48. The molecule has 7 nitrogen and oxygen atoms in total. The molecule has 2 N–H and O–H groups in total. The Bertz CT molecular complexity index is 614. The molecule has 1 aliphatic heterocycles. The molecule has 8 heteroatoms. The zero-order chi connectivity index (χ0) is 14.2. The van der Waals surface area contributed by atoms with E-state index < -0.39 is 14.9 Å². The number of benzene rings is 1. The van der Waals surface area contributed by atoms with Gasteiger partial charge in [-0.25, -0.2) is 8.42 Å². The van der Waals surface area contributed by atoms with Crippen molar-refractivity contribution in [1.29, 1.82) is 0 Å². The van der Waals surface area contributed by atoms with Gasteiger partial charge in [-0.15, -0.1) is 0 Å². The molecule has 1 fully saturated rings. The van der Waals surface area contributed by atoms with Gasteiger partial charge in [0.05, 0.1) is 9.82 Å². The highest BCUT2D eigenvalue weighted by Crippen LogP contribution is 2.28. The van der Waals surface area contributed by atoms with Crippen LogP contribution in [0.3, 0.4) is 0 Å². The van der Waals surface area contributed by atoms with Crippen molar-refractivity contribution in [2.75, 3.05) is 13.1 Å². The van der Waals surface area contributed by atoms with Crippen LogP contribution in [0.4, 0.5) is 5.69 Å². The van der Waals surface area contributed by atoms with Crippen molar-refractivity contribution in [2.45, 2.75) is 24.3 Å². The van der Waals surface area contributed by atoms with Crippen LogP contribution < -0.4 is 5.73 Å². The van der Waals surface area contributed by atoms with Gasteiger partial charge in [-0.3, -0.25) is 10.1 Å². The van der Waals surface area contributed by atoms with Crippen LogP contribution in [0.25, 0.3) is 0 Å². The molecular weight excluding hydrogens is 270 g/mol. The van der Waals surface area contributed by atoms with Gasteiger partial charge in [-0.2, -0.15) is 4.31 Å². The van der Waals surface area contributed by atoms with Gasteiger partial charge in [0, 0.05) is 30.8 Å². The van der Waals surface area contributed by atoms with Gasteiger partial charge in [-0.1, -0.05) is 6.07 Å². The molecule has 104 valence electrons. The van der Waals surface area contributed by atoms with E-state index in [2.05, 4.69) is 0 Å². The van der Waals surface area contributed by atoms with Gasteiger partial charge in [0.1, 0.15) is 0 Å². The summed E-state index contributed by atoms with van der Waals surface area (Å²) in [5.41, 5.74) is 5.67. The number of nitro groups is 1. The molecule has 1 aromatic rings. The Morgan fingerprint density at radius 1 is 1.47 bits per heavy atom. The van der Waals surface area contributed by atoms with Crippen LogP contribution in [0.15, 0.2) is 23.1 Å². The first-order valence-corrected chi connectivity index (χ1v) is 7.28. The predicted molar refractivity (Wildman–Crippen MR) is 69.2 cm³/mol. The quantitative estimate of drug-likeness (QED) is 0.647. The molecule has 0 bridgehead atoms. The number of nitrogens with zero attached hydrogens (tertiary/aromatic N) is 2. The minimum absolute atomic E-state index is 0.0178. The molecule has 1 atom stereocenters. The smallest absolute Gasteiger partial charge is 0.273 e. The summed E-state index contributed by atoms with van der Waals surface area (Å²) in [5, 5.41) is 10.9. The number of nitro benzene ring substituents is 1. The van der Waals surface area contributed by atoms with E-state index in [0.29, 0.717) is 13.0 Å². The fourth-order valence-corrected chi connectivity index (χ4v) is 3.95. The third kappa shape index (κ3) is 2.46. The minimum atomic E-state index is -3.71. The normalized spacial score (nSPS) is 20.6. The van der Waals surface area contributed by atoms with E-state index in [1.54, 1.807) is 0 Å². The zero-order valence-corrected chi connectivity index (χ0v) is 11.3. The summed E-state index contributed by atoms with van der Waals surface area (Å²) in [5.74, 6) is 0. The van der Waals surface area contributed by atoms with E-state index in [9.17, 15) is 18.5 Å². The highest BCUT2D eigenvalue weighted by molar-refractivity contribution is 7.89. The average Bonchev–Trinajstić information content (AvgIpc) is 2.76. The maximum atomic E-state index is 12.4. The lowest BCUT2D eigenvalue weighted by atomic mass is 10.2. The van der Waals surface area contributed by atoms with Gasteiger partial charge in [0.2, 0.25) is 10.0 Å². The molecule has 1 saturated heterocycles. The molecule has 0 aromatic heterocycles. The van der Waals surface area contributed by atoms with Crippen molar-refractivity contribution in [3.8, 4) is 0 Å². The summed E-state index contributed by atoms with van der Waals surface area (Å²) in [4.78, 5) is 10.3. The van der Waals surface area contributed by atoms with Gasteiger partial charge in [0.25, 0.3) is 5.69 Å². The maximum Gasteiger partial charge on any atom is 0.273 e. The molecular formula is C11H15N3O4S. The molecule has 19 heavy (non-hydrogen) atoms. The standard InChI is InChI=1S/C11H15N3O4S/c1-8-10(14(15)16)3-2-4-11(8)19(17,18)13-6-5-9(12)7-13/h2-4,9H,5-7,12H2,1H3/t9-/m0/s1. The highest BCUT2D eigenvalue weighted by atomic mass is 32.2. The molecule has 1 aromatic carbocycles. The van der Waals surface area contributed by atoms with E-state index in [4.69, 9.17) is 5.73 Å². The van der Waals surface area contributed by atoms with E-state index in [0.717, 1.165) is 0 Å². The molecule has 0 radical (unpaired) electrons. The Labute approximate surface area is 111 Å². The van der Waals surface area contributed by atoms with E-state index >= 15 is 0 Å². The number of nitrogens with two attached hydrogens (primary N) is 1. The highest BCUT2D eigenvalue weighted by Gasteiger charge is 2.33. The van der Waals surface area contributed by atoms with Crippen LogP contribution in [0, 0.1) is 17.0 Å². The Hall–Kier alpha value is -1.51. The summed E-state index contributed by atoms with van der Waals surface area (Å²) in [6, 6.07) is 3.90. The van der Waals surface area contributed by atoms with Crippen molar-refractivity contribution in [2.24, 2.45) is 5.73 Å². The largest absolute Gasteiger partial charge is 0.326 e. The summed E-state index contributed by atoms with van der Waals surface area (Å²) in [7, 11) is -3.71. The molecule has 2 rings (SSSR count). The van der Waals surface area contributed by atoms with Crippen molar-refractivity contribution in [3.63, 3.8) is 0 Å². The van der Waals surface area contributed by atoms with Gasteiger partial charge >= 0.3 is 0 Å². The Morgan fingerprint density at radius 3 is 2.68 bits per heavy atom. The monoisotopic (exact) mass is 285 g/mol. The molecule has 1 aliphatic rings. The fraction of sp³-hybridized carbons (Fsp3) is 0.455. The number of hydrogen-bond acceptors (Lipinski definition) is 5. The van der Waals surface area contributed by atoms with Gasteiger partial charge in [0.15, 0.2) is 0 Å². The third-order valence-electron chi connectivity index (χ3n) is 3.26. The summed E-state index contributed by atoms with van der Waals surface area (Å²) in [6.07, 6.45) is 0.604. The number of rotatable bonds is 3. The van der Waals surface area contributed by atoms with Crippen molar-refractivity contribution < 1.29 is 13.3 Å². The van der Waals surface area contributed by atoms with E-state index in [1.807, 2.05) is 0 Å². The Kier molecular flexibility index (Phi) is 3.57. The summed E-state index contributed by atoms with van der Waals surface area (Å²) >= 11 is 0. The zero-order valence-electron chi connectivity index (χ0n) is 10.4. The predicted octanol–water partition coefficient (Wildman–Crippen LogP) is 0.625. The first-order valence-electron chi connectivity index (χ1n) is 5.84. The second kappa shape index (κ2) is 4.87. The van der Waals surface area contributed by atoms with Crippen LogP contribution in [-0.4, -0.2) is 36.8 Å². The Morgan fingerprint density at radius 2 is 2.16 bits per heavy atom. The second-order valence-electron chi connectivity index (χ2n) is 4.57. The molecule has 0 unspecified atom stereocenters. The SMILES string of the molecule is Cc1c([N+](=O)[O-])cccc1S(=O)(=O)N1CC[C@H](N)C1. The molecule has 1 heterocycles. The molecule has 0 amide bonds. The number of hydrogen-bond donors (Lipinski definition) is 1. The van der Waals surface area contributed by atoms with Crippen LogP contribution in [0.2, 0.25) is 0 Å². The topological polar surface area (TPSA) is 107 Å². The van der Waals surface area contributed by atoms with Crippen molar-refractivity contribution in [1.82, 2.24) is 4.31 Å². The Balaban J connectivity index is 2.47. The van der Waals surface area contributed by atoms with Crippen molar-refractivity contribution in [3.05, 3.63) is 33.9 Å². The lowest BCUT2D eigenvalue weighted by Gasteiger charge is -2.17. The first-order chi connectivity index (χ1) is 8.84. The van der Waals surface area contributed by atoms with Crippen LogP contribution in [0.5, 0.6) is 0 Å². The number of sulfonamides is 1. The van der Waals surface area contributed by atoms with Crippen LogP contribution in [-0.2, 0) is 10.0 Å². The van der Waals surface area contributed by atoms with Gasteiger partial charge in [-0.05, 0) is 19.4 Å². The minimum Gasteiger partial charge on any atom is -0.326 e.